The Kier molecular flexibility index (Phi) is 4.27. The summed E-state index contributed by atoms with van der Waals surface area (Å²) in [4.78, 5) is 10.7. The number of likely N-dealkylation sites (N-methyl/N-ethyl adjacent to an activating group) is 1. The molecule has 1 aliphatic heterocycles. The predicted octanol–water partition coefficient (Wildman–Crippen LogP) is 0.848. The van der Waals surface area contributed by atoms with Gasteiger partial charge < -0.3 is 10.1 Å². The largest absolute Gasteiger partial charge is 0.379 e. The number of ether oxygens (including phenoxy) is 1. The summed E-state index contributed by atoms with van der Waals surface area (Å²) in [5.74, 6) is 0. The van der Waals surface area contributed by atoms with Gasteiger partial charge in [0.05, 0.1) is 19.3 Å². The van der Waals surface area contributed by atoms with E-state index in [4.69, 9.17) is 4.74 Å². The van der Waals surface area contributed by atoms with Crippen molar-refractivity contribution >= 4 is 0 Å². The molecule has 0 aliphatic carbocycles. The van der Waals surface area contributed by atoms with Crippen LogP contribution >= 0.6 is 0 Å². The molecule has 2 heterocycles. The predicted molar refractivity (Wildman–Crippen MR) is 70.3 cm³/mol. The minimum absolute atomic E-state index is 0.00322. The van der Waals surface area contributed by atoms with E-state index in [9.17, 15) is 0 Å². The Morgan fingerprint density at radius 3 is 2.44 bits per heavy atom. The van der Waals surface area contributed by atoms with Crippen molar-refractivity contribution in [1.29, 1.82) is 0 Å². The number of aromatic nitrogens is 2. The third-order valence-corrected chi connectivity index (χ3v) is 3.74. The Hall–Kier alpha value is -1.04. The van der Waals surface area contributed by atoms with Gasteiger partial charge in [-0.1, -0.05) is 0 Å². The van der Waals surface area contributed by atoms with Crippen LogP contribution < -0.4 is 5.32 Å². The van der Waals surface area contributed by atoms with Crippen LogP contribution in [0, 0.1) is 0 Å². The van der Waals surface area contributed by atoms with Gasteiger partial charge in [0.1, 0.15) is 6.33 Å². The minimum Gasteiger partial charge on any atom is -0.379 e. The summed E-state index contributed by atoms with van der Waals surface area (Å²) in [6, 6.07) is 0.205. The molecule has 5 nitrogen and oxygen atoms in total. The first kappa shape index (κ1) is 13.4. The first-order valence-electron chi connectivity index (χ1n) is 6.41. The van der Waals surface area contributed by atoms with Crippen molar-refractivity contribution in [3.8, 4) is 0 Å². The molecule has 1 atom stereocenters. The topological polar surface area (TPSA) is 50.3 Å². The van der Waals surface area contributed by atoms with Gasteiger partial charge >= 0.3 is 0 Å². The Balaban J connectivity index is 2.19. The van der Waals surface area contributed by atoms with E-state index in [0.29, 0.717) is 0 Å². The summed E-state index contributed by atoms with van der Waals surface area (Å²) in [5, 5.41) is 3.39. The van der Waals surface area contributed by atoms with Crippen molar-refractivity contribution in [2.75, 3.05) is 33.4 Å². The third-order valence-electron chi connectivity index (χ3n) is 3.74. The van der Waals surface area contributed by atoms with Crippen LogP contribution in [-0.4, -0.2) is 53.8 Å². The molecule has 0 bridgehead atoms. The molecule has 5 heteroatoms. The fourth-order valence-electron chi connectivity index (χ4n) is 2.71. The van der Waals surface area contributed by atoms with Gasteiger partial charge in [-0.25, -0.2) is 9.97 Å². The molecule has 1 fully saturated rings. The lowest BCUT2D eigenvalue weighted by atomic mass is 9.88. The van der Waals surface area contributed by atoms with Gasteiger partial charge in [0.2, 0.25) is 0 Å². The summed E-state index contributed by atoms with van der Waals surface area (Å²) in [6.45, 7) is 8.08. The van der Waals surface area contributed by atoms with Crippen LogP contribution in [-0.2, 0) is 4.74 Å². The molecule has 1 aromatic heterocycles. The van der Waals surface area contributed by atoms with Crippen molar-refractivity contribution in [1.82, 2.24) is 20.2 Å². The zero-order valence-corrected chi connectivity index (χ0v) is 11.4. The van der Waals surface area contributed by atoms with Crippen LogP contribution in [0.1, 0.15) is 25.5 Å². The summed E-state index contributed by atoms with van der Waals surface area (Å²) in [7, 11) is 1.99. The van der Waals surface area contributed by atoms with Crippen LogP contribution in [0.4, 0.5) is 0 Å². The Bertz CT molecular complexity index is 363. The Morgan fingerprint density at radius 2 is 1.89 bits per heavy atom. The lowest BCUT2D eigenvalue weighted by Crippen LogP contribution is -2.55. The summed E-state index contributed by atoms with van der Waals surface area (Å²) >= 11 is 0. The first-order chi connectivity index (χ1) is 8.66. The van der Waals surface area contributed by atoms with Crippen LogP contribution in [0.25, 0.3) is 0 Å². The maximum absolute atomic E-state index is 5.43. The SMILES string of the molecule is CNC(c1cncnc1)C(C)(C)N1CCOCC1. The highest BCUT2D eigenvalue weighted by atomic mass is 16.5. The number of morpholine rings is 1. The van der Waals surface area contributed by atoms with Crippen LogP contribution in [0.3, 0.4) is 0 Å². The molecular formula is C13H22N4O. The third kappa shape index (κ3) is 2.68. The van der Waals surface area contributed by atoms with Crippen LogP contribution in [0.5, 0.6) is 0 Å². The van der Waals surface area contributed by atoms with E-state index in [0.717, 1.165) is 31.9 Å². The molecule has 0 saturated carbocycles. The molecular weight excluding hydrogens is 228 g/mol. The second-order valence-corrected chi connectivity index (χ2v) is 5.15. The molecule has 1 saturated heterocycles. The van der Waals surface area contributed by atoms with Gasteiger partial charge in [-0.2, -0.15) is 0 Å². The van der Waals surface area contributed by atoms with E-state index >= 15 is 0 Å². The lowest BCUT2D eigenvalue weighted by Gasteiger charge is -2.45. The summed E-state index contributed by atoms with van der Waals surface area (Å²) in [6.07, 6.45) is 5.34. The van der Waals surface area contributed by atoms with Gasteiger partial charge in [-0.3, -0.25) is 4.90 Å². The van der Waals surface area contributed by atoms with E-state index in [-0.39, 0.29) is 11.6 Å². The van der Waals surface area contributed by atoms with Gasteiger partial charge in [0.15, 0.2) is 0 Å². The maximum Gasteiger partial charge on any atom is 0.115 e. The molecule has 2 rings (SSSR count). The van der Waals surface area contributed by atoms with Crippen molar-refractivity contribution in [3.05, 3.63) is 24.3 Å². The molecule has 0 radical (unpaired) electrons. The molecule has 0 aromatic carbocycles. The van der Waals surface area contributed by atoms with E-state index in [2.05, 4.69) is 34.0 Å². The Morgan fingerprint density at radius 1 is 1.28 bits per heavy atom. The molecule has 0 amide bonds. The molecule has 1 N–H and O–H groups in total. The van der Waals surface area contributed by atoms with E-state index in [1.54, 1.807) is 6.33 Å². The quantitative estimate of drug-likeness (QED) is 0.858. The van der Waals surface area contributed by atoms with Crippen LogP contribution in [0.15, 0.2) is 18.7 Å². The lowest BCUT2D eigenvalue weighted by molar-refractivity contribution is -0.0230. The average molecular weight is 250 g/mol. The number of nitrogens with zero attached hydrogens (tertiary/aromatic N) is 3. The molecule has 1 aliphatic rings. The minimum atomic E-state index is 0.00322. The highest BCUT2D eigenvalue weighted by Gasteiger charge is 2.36. The monoisotopic (exact) mass is 250 g/mol. The van der Waals surface area contributed by atoms with Crippen molar-refractivity contribution < 1.29 is 4.74 Å². The molecule has 1 unspecified atom stereocenters. The Labute approximate surface area is 109 Å². The summed E-state index contributed by atoms with van der Waals surface area (Å²) < 4.78 is 5.43. The zero-order chi connectivity index (χ0) is 13.0. The van der Waals surface area contributed by atoms with Crippen molar-refractivity contribution in [2.24, 2.45) is 0 Å². The summed E-state index contributed by atoms with van der Waals surface area (Å²) in [5.41, 5.74) is 1.12. The molecule has 1 aromatic rings. The second-order valence-electron chi connectivity index (χ2n) is 5.15. The number of nitrogens with one attached hydrogen (secondary N) is 1. The van der Waals surface area contributed by atoms with E-state index in [1.807, 2.05) is 19.4 Å². The van der Waals surface area contributed by atoms with Gasteiger partial charge in [-0.15, -0.1) is 0 Å². The molecule has 0 spiro atoms. The number of hydrogen-bond acceptors (Lipinski definition) is 5. The van der Waals surface area contributed by atoms with Crippen molar-refractivity contribution in [2.45, 2.75) is 25.4 Å². The normalized spacial score (nSPS) is 19.7. The fourth-order valence-corrected chi connectivity index (χ4v) is 2.71. The van der Waals surface area contributed by atoms with Gasteiger partial charge in [0, 0.05) is 36.6 Å². The molecule has 18 heavy (non-hydrogen) atoms. The highest BCUT2D eigenvalue weighted by Crippen LogP contribution is 2.30. The first-order valence-corrected chi connectivity index (χ1v) is 6.41. The average Bonchev–Trinajstić information content (AvgIpc) is 2.41. The van der Waals surface area contributed by atoms with Gasteiger partial charge in [0.25, 0.3) is 0 Å². The zero-order valence-electron chi connectivity index (χ0n) is 11.4. The fraction of sp³-hybridized carbons (Fsp3) is 0.692. The van der Waals surface area contributed by atoms with E-state index in [1.165, 1.54) is 0 Å². The van der Waals surface area contributed by atoms with Gasteiger partial charge in [-0.05, 0) is 20.9 Å². The molecule has 100 valence electrons. The standard InChI is InChI=1S/C13H22N4O/c1-13(2,17-4-6-18-7-5-17)12(14-3)11-8-15-10-16-9-11/h8-10,12,14H,4-7H2,1-3H3. The highest BCUT2D eigenvalue weighted by molar-refractivity contribution is 5.15. The number of hydrogen-bond donors (Lipinski definition) is 1. The van der Waals surface area contributed by atoms with Crippen LogP contribution in [0.2, 0.25) is 0 Å². The van der Waals surface area contributed by atoms with E-state index < -0.39 is 0 Å². The smallest absolute Gasteiger partial charge is 0.115 e. The number of rotatable bonds is 4. The van der Waals surface area contributed by atoms with Crippen molar-refractivity contribution in [3.63, 3.8) is 0 Å². The maximum atomic E-state index is 5.43. The second kappa shape index (κ2) is 5.73.